The molecule has 3 heteroatoms. The first kappa shape index (κ1) is 14.6. The van der Waals surface area contributed by atoms with Crippen LogP contribution in [0.4, 0.5) is 0 Å². The molecule has 0 saturated heterocycles. The zero-order valence-electron chi connectivity index (χ0n) is 9.88. The van der Waals surface area contributed by atoms with Crippen molar-refractivity contribution in [1.29, 1.82) is 0 Å². The quantitative estimate of drug-likeness (QED) is 0.478. The second-order valence-corrected chi connectivity index (χ2v) is 3.81. The van der Waals surface area contributed by atoms with Crippen LogP contribution >= 0.6 is 0 Å². The highest BCUT2D eigenvalue weighted by atomic mass is 14.8. The maximum Gasteiger partial charge on any atom is 0.0134 e. The van der Waals surface area contributed by atoms with Crippen molar-refractivity contribution in [3.05, 3.63) is 12.2 Å². The molecular formula is C12H27N3. The molecule has 1 aliphatic rings. The Morgan fingerprint density at radius 3 is 2.20 bits per heavy atom. The van der Waals surface area contributed by atoms with Crippen molar-refractivity contribution >= 4 is 0 Å². The van der Waals surface area contributed by atoms with Crippen LogP contribution in [-0.2, 0) is 0 Å². The summed E-state index contributed by atoms with van der Waals surface area (Å²) in [5.41, 5.74) is 10.6. The van der Waals surface area contributed by atoms with E-state index in [1.807, 2.05) is 0 Å². The van der Waals surface area contributed by atoms with E-state index in [0.717, 1.165) is 32.5 Å². The van der Waals surface area contributed by atoms with Gasteiger partial charge in [-0.3, -0.25) is 0 Å². The van der Waals surface area contributed by atoms with Crippen LogP contribution in [0.25, 0.3) is 0 Å². The molecule has 0 saturated carbocycles. The molecule has 1 rings (SSSR count). The SMILES string of the molecule is C1=CCNCCC1.NCCCCCCN. The van der Waals surface area contributed by atoms with Crippen LogP contribution in [0.15, 0.2) is 12.2 Å². The first-order valence-electron chi connectivity index (χ1n) is 6.17. The Hall–Kier alpha value is -0.380. The number of unbranched alkanes of at least 4 members (excludes halogenated alkanes) is 3. The molecule has 0 fully saturated rings. The molecule has 0 aliphatic carbocycles. The van der Waals surface area contributed by atoms with Gasteiger partial charge in [0.05, 0.1) is 0 Å². The number of rotatable bonds is 5. The third-order valence-electron chi connectivity index (χ3n) is 2.31. The third kappa shape index (κ3) is 13.6. The number of hydrogen-bond acceptors (Lipinski definition) is 3. The summed E-state index contributed by atoms with van der Waals surface area (Å²) in [5.74, 6) is 0. The summed E-state index contributed by atoms with van der Waals surface area (Å²) in [6, 6.07) is 0. The summed E-state index contributed by atoms with van der Waals surface area (Å²) >= 11 is 0. The topological polar surface area (TPSA) is 64.1 Å². The lowest BCUT2D eigenvalue weighted by molar-refractivity contribution is 0.653. The second kappa shape index (κ2) is 13.6. The fourth-order valence-electron chi connectivity index (χ4n) is 1.37. The van der Waals surface area contributed by atoms with Crippen LogP contribution in [0.2, 0.25) is 0 Å². The molecule has 0 atom stereocenters. The normalized spacial score (nSPS) is 15.3. The van der Waals surface area contributed by atoms with Gasteiger partial charge in [0.2, 0.25) is 0 Å². The highest BCUT2D eigenvalue weighted by Gasteiger charge is 1.86. The number of allylic oxidation sites excluding steroid dienone is 1. The maximum absolute atomic E-state index is 5.28. The Morgan fingerprint density at radius 1 is 0.933 bits per heavy atom. The predicted octanol–water partition coefficient (Wildman–Crippen LogP) is 1.39. The molecule has 0 aromatic heterocycles. The Kier molecular flexibility index (Phi) is 13.3. The molecule has 0 unspecified atom stereocenters. The van der Waals surface area contributed by atoms with Gasteiger partial charge in [0.1, 0.15) is 0 Å². The summed E-state index contributed by atoms with van der Waals surface area (Å²) in [4.78, 5) is 0. The van der Waals surface area contributed by atoms with Crippen molar-refractivity contribution in [2.24, 2.45) is 11.5 Å². The van der Waals surface area contributed by atoms with Gasteiger partial charge in [-0.05, 0) is 45.3 Å². The highest BCUT2D eigenvalue weighted by Crippen LogP contribution is 1.95. The maximum atomic E-state index is 5.28. The van der Waals surface area contributed by atoms with Gasteiger partial charge >= 0.3 is 0 Å². The molecule has 90 valence electrons. The highest BCUT2D eigenvalue weighted by molar-refractivity contribution is 4.86. The second-order valence-electron chi connectivity index (χ2n) is 3.81. The minimum Gasteiger partial charge on any atom is -0.330 e. The van der Waals surface area contributed by atoms with Crippen LogP contribution < -0.4 is 16.8 Å². The Balaban J connectivity index is 0.000000262. The third-order valence-corrected chi connectivity index (χ3v) is 2.31. The van der Waals surface area contributed by atoms with Crippen molar-refractivity contribution < 1.29 is 0 Å². The summed E-state index contributed by atoms with van der Waals surface area (Å²) < 4.78 is 0. The lowest BCUT2D eigenvalue weighted by Crippen LogP contribution is -2.12. The standard InChI is InChI=1S/C6H16N2.C6H11N/c7-5-3-1-2-4-6-8;1-2-4-6-7-5-3-1/h1-8H2;1,3,7H,2,4-6H2. The molecule has 1 aliphatic heterocycles. The first-order chi connectivity index (χ1) is 7.41. The summed E-state index contributed by atoms with van der Waals surface area (Å²) in [5, 5.41) is 3.26. The molecule has 0 aromatic rings. The van der Waals surface area contributed by atoms with E-state index in [1.165, 1.54) is 32.2 Å². The van der Waals surface area contributed by atoms with E-state index in [9.17, 15) is 0 Å². The van der Waals surface area contributed by atoms with Gasteiger partial charge in [0.25, 0.3) is 0 Å². The van der Waals surface area contributed by atoms with Crippen LogP contribution in [0.5, 0.6) is 0 Å². The smallest absolute Gasteiger partial charge is 0.0134 e. The molecule has 1 heterocycles. The first-order valence-corrected chi connectivity index (χ1v) is 6.17. The van der Waals surface area contributed by atoms with E-state index in [-0.39, 0.29) is 0 Å². The van der Waals surface area contributed by atoms with Crippen LogP contribution in [0.1, 0.15) is 38.5 Å². The van der Waals surface area contributed by atoms with E-state index >= 15 is 0 Å². The zero-order chi connectivity index (χ0) is 11.2. The van der Waals surface area contributed by atoms with Gasteiger partial charge in [-0.25, -0.2) is 0 Å². The van der Waals surface area contributed by atoms with E-state index in [2.05, 4.69) is 17.5 Å². The van der Waals surface area contributed by atoms with Crippen molar-refractivity contribution in [1.82, 2.24) is 5.32 Å². The van der Waals surface area contributed by atoms with Gasteiger partial charge in [0, 0.05) is 6.54 Å². The van der Waals surface area contributed by atoms with Crippen molar-refractivity contribution in [2.75, 3.05) is 26.2 Å². The number of nitrogens with one attached hydrogen (secondary N) is 1. The van der Waals surface area contributed by atoms with E-state index in [1.54, 1.807) is 0 Å². The Morgan fingerprint density at radius 2 is 1.60 bits per heavy atom. The van der Waals surface area contributed by atoms with E-state index in [4.69, 9.17) is 11.5 Å². The van der Waals surface area contributed by atoms with Gasteiger partial charge in [0.15, 0.2) is 0 Å². The van der Waals surface area contributed by atoms with Crippen LogP contribution in [-0.4, -0.2) is 26.2 Å². The monoisotopic (exact) mass is 213 g/mol. The van der Waals surface area contributed by atoms with Crippen LogP contribution in [0, 0.1) is 0 Å². The van der Waals surface area contributed by atoms with Gasteiger partial charge in [-0.2, -0.15) is 0 Å². The fourth-order valence-corrected chi connectivity index (χ4v) is 1.37. The summed E-state index contributed by atoms with van der Waals surface area (Å²) in [6.45, 7) is 3.90. The molecule has 0 amide bonds. The van der Waals surface area contributed by atoms with E-state index < -0.39 is 0 Å². The zero-order valence-corrected chi connectivity index (χ0v) is 9.88. The largest absolute Gasteiger partial charge is 0.330 e. The average Bonchev–Trinajstić information content (AvgIpc) is 2.57. The molecular weight excluding hydrogens is 186 g/mol. The molecule has 0 bridgehead atoms. The molecule has 0 aromatic carbocycles. The lowest BCUT2D eigenvalue weighted by atomic mass is 10.2. The number of hydrogen-bond donors (Lipinski definition) is 3. The van der Waals surface area contributed by atoms with Crippen molar-refractivity contribution in [3.8, 4) is 0 Å². The molecule has 0 spiro atoms. The Labute approximate surface area is 94.3 Å². The lowest BCUT2D eigenvalue weighted by Gasteiger charge is -1.94. The molecule has 0 radical (unpaired) electrons. The Bertz CT molecular complexity index is 121. The van der Waals surface area contributed by atoms with Gasteiger partial charge < -0.3 is 16.8 Å². The molecule has 5 N–H and O–H groups in total. The van der Waals surface area contributed by atoms with E-state index in [0.29, 0.717) is 0 Å². The fraction of sp³-hybridized carbons (Fsp3) is 0.833. The minimum atomic E-state index is 0.824. The summed E-state index contributed by atoms with van der Waals surface area (Å²) in [6.07, 6.45) is 11.8. The molecule has 3 nitrogen and oxygen atoms in total. The average molecular weight is 213 g/mol. The number of nitrogens with two attached hydrogens (primary N) is 2. The van der Waals surface area contributed by atoms with Gasteiger partial charge in [-0.15, -0.1) is 0 Å². The van der Waals surface area contributed by atoms with Crippen molar-refractivity contribution in [2.45, 2.75) is 38.5 Å². The predicted molar refractivity (Wildman–Crippen MR) is 67.8 cm³/mol. The van der Waals surface area contributed by atoms with Crippen LogP contribution in [0.3, 0.4) is 0 Å². The van der Waals surface area contributed by atoms with Crippen molar-refractivity contribution in [3.63, 3.8) is 0 Å². The van der Waals surface area contributed by atoms with Gasteiger partial charge in [-0.1, -0.05) is 25.0 Å². The molecule has 15 heavy (non-hydrogen) atoms. The summed E-state index contributed by atoms with van der Waals surface area (Å²) in [7, 11) is 0. The minimum absolute atomic E-state index is 0.824.